The quantitative estimate of drug-likeness (QED) is 0.667. The van der Waals surface area contributed by atoms with Crippen molar-refractivity contribution in [1.29, 1.82) is 0 Å². The standard InChI is InChI=1S/C11H22N2O/c1-5-11(6-2)7-8-13(9-11)10(14)12(3)4/h5-9H2,1-4H3. The number of hydrogen-bond acceptors (Lipinski definition) is 1. The molecule has 0 aromatic rings. The van der Waals surface area contributed by atoms with Crippen LogP contribution in [-0.4, -0.2) is 43.0 Å². The minimum atomic E-state index is 0.161. The topological polar surface area (TPSA) is 23.6 Å². The highest BCUT2D eigenvalue weighted by Gasteiger charge is 2.37. The van der Waals surface area contributed by atoms with Crippen molar-refractivity contribution in [3.05, 3.63) is 0 Å². The first-order valence-corrected chi connectivity index (χ1v) is 5.51. The van der Waals surface area contributed by atoms with Gasteiger partial charge in [0.15, 0.2) is 0 Å². The second-order valence-corrected chi connectivity index (χ2v) is 4.56. The molecule has 1 saturated heterocycles. The van der Waals surface area contributed by atoms with Gasteiger partial charge in [0.2, 0.25) is 0 Å². The Labute approximate surface area is 87.1 Å². The largest absolute Gasteiger partial charge is 0.331 e. The Kier molecular flexibility index (Phi) is 3.40. The SMILES string of the molecule is CCC1(CC)CCN(C(=O)N(C)C)C1. The summed E-state index contributed by atoms with van der Waals surface area (Å²) in [5.41, 5.74) is 0.395. The van der Waals surface area contributed by atoms with E-state index in [1.54, 1.807) is 4.90 Å². The first-order valence-electron chi connectivity index (χ1n) is 5.51. The highest BCUT2D eigenvalue weighted by atomic mass is 16.2. The van der Waals surface area contributed by atoms with Gasteiger partial charge < -0.3 is 9.80 Å². The average Bonchev–Trinajstić information content (AvgIpc) is 2.61. The smallest absolute Gasteiger partial charge is 0.319 e. The van der Waals surface area contributed by atoms with Crippen molar-refractivity contribution in [2.75, 3.05) is 27.2 Å². The van der Waals surface area contributed by atoms with Gasteiger partial charge in [-0.05, 0) is 24.7 Å². The third-order valence-electron chi connectivity index (χ3n) is 3.59. The fraction of sp³-hybridized carbons (Fsp3) is 0.909. The van der Waals surface area contributed by atoms with E-state index in [0.29, 0.717) is 5.41 Å². The molecule has 0 aromatic heterocycles. The van der Waals surface area contributed by atoms with E-state index in [0.717, 1.165) is 13.1 Å². The molecule has 3 heteroatoms. The number of urea groups is 1. The van der Waals surface area contributed by atoms with Crippen molar-refractivity contribution in [2.45, 2.75) is 33.1 Å². The summed E-state index contributed by atoms with van der Waals surface area (Å²) in [6.07, 6.45) is 3.53. The molecule has 2 amide bonds. The summed E-state index contributed by atoms with van der Waals surface area (Å²) in [6.45, 7) is 6.33. The van der Waals surface area contributed by atoms with Crippen molar-refractivity contribution in [3.8, 4) is 0 Å². The minimum absolute atomic E-state index is 0.161. The molecule has 0 saturated carbocycles. The fourth-order valence-electron chi connectivity index (χ4n) is 2.21. The zero-order chi connectivity index (χ0) is 10.8. The van der Waals surface area contributed by atoms with Gasteiger partial charge in [0.25, 0.3) is 0 Å². The van der Waals surface area contributed by atoms with Crippen LogP contribution in [0.3, 0.4) is 0 Å². The molecule has 0 spiro atoms. The first-order chi connectivity index (χ1) is 6.54. The molecule has 3 nitrogen and oxygen atoms in total. The van der Waals surface area contributed by atoms with Crippen LogP contribution >= 0.6 is 0 Å². The summed E-state index contributed by atoms with van der Waals surface area (Å²) in [5, 5.41) is 0. The highest BCUT2D eigenvalue weighted by molar-refractivity contribution is 5.74. The molecule has 0 radical (unpaired) electrons. The maximum Gasteiger partial charge on any atom is 0.319 e. The van der Waals surface area contributed by atoms with Gasteiger partial charge in [0.1, 0.15) is 0 Å². The Hall–Kier alpha value is -0.730. The van der Waals surface area contributed by atoms with E-state index < -0.39 is 0 Å². The lowest BCUT2D eigenvalue weighted by molar-refractivity contribution is 0.172. The van der Waals surface area contributed by atoms with Crippen molar-refractivity contribution < 1.29 is 4.79 Å². The van der Waals surface area contributed by atoms with Gasteiger partial charge in [-0.1, -0.05) is 13.8 Å². The molecule has 1 aliphatic rings. The van der Waals surface area contributed by atoms with Gasteiger partial charge in [-0.2, -0.15) is 0 Å². The second-order valence-electron chi connectivity index (χ2n) is 4.56. The number of hydrogen-bond donors (Lipinski definition) is 0. The Balaban J connectivity index is 2.60. The third-order valence-corrected chi connectivity index (χ3v) is 3.59. The second kappa shape index (κ2) is 4.20. The highest BCUT2D eigenvalue weighted by Crippen LogP contribution is 2.37. The third kappa shape index (κ3) is 2.02. The lowest BCUT2D eigenvalue weighted by atomic mass is 9.82. The van der Waals surface area contributed by atoms with E-state index >= 15 is 0 Å². The van der Waals surface area contributed by atoms with Gasteiger partial charge in [0, 0.05) is 27.2 Å². The van der Waals surface area contributed by atoms with Crippen LogP contribution in [0.25, 0.3) is 0 Å². The van der Waals surface area contributed by atoms with E-state index in [2.05, 4.69) is 13.8 Å². The van der Waals surface area contributed by atoms with Crippen molar-refractivity contribution >= 4 is 6.03 Å². The number of nitrogens with zero attached hydrogens (tertiary/aromatic N) is 2. The molecular formula is C11H22N2O. The lowest BCUT2D eigenvalue weighted by Crippen LogP contribution is -2.38. The molecule has 0 N–H and O–H groups in total. The van der Waals surface area contributed by atoms with Crippen LogP contribution in [-0.2, 0) is 0 Å². The number of carbonyl (C=O) groups is 1. The van der Waals surface area contributed by atoms with E-state index in [9.17, 15) is 4.79 Å². The fourth-order valence-corrected chi connectivity index (χ4v) is 2.21. The normalized spacial score (nSPS) is 19.9. The van der Waals surface area contributed by atoms with Crippen molar-refractivity contribution in [1.82, 2.24) is 9.80 Å². The molecule has 0 unspecified atom stereocenters. The molecule has 0 aliphatic carbocycles. The van der Waals surface area contributed by atoms with E-state index in [1.165, 1.54) is 19.3 Å². The molecule has 1 rings (SSSR count). The summed E-state index contributed by atoms with van der Waals surface area (Å²) < 4.78 is 0. The molecule has 0 bridgehead atoms. The maximum absolute atomic E-state index is 11.7. The van der Waals surface area contributed by atoms with Gasteiger partial charge in [0.05, 0.1) is 0 Å². The number of likely N-dealkylation sites (tertiary alicyclic amines) is 1. The summed E-state index contributed by atoms with van der Waals surface area (Å²) in [7, 11) is 3.64. The van der Waals surface area contributed by atoms with Crippen molar-refractivity contribution in [3.63, 3.8) is 0 Å². The number of amides is 2. The van der Waals surface area contributed by atoms with Crippen molar-refractivity contribution in [2.24, 2.45) is 5.41 Å². The molecule has 82 valence electrons. The number of carbonyl (C=O) groups excluding carboxylic acids is 1. The van der Waals surface area contributed by atoms with Gasteiger partial charge in [-0.3, -0.25) is 0 Å². The average molecular weight is 198 g/mol. The van der Waals surface area contributed by atoms with Crippen LogP contribution in [0.5, 0.6) is 0 Å². The van der Waals surface area contributed by atoms with Gasteiger partial charge >= 0.3 is 6.03 Å². The monoisotopic (exact) mass is 198 g/mol. The van der Waals surface area contributed by atoms with Gasteiger partial charge in [-0.25, -0.2) is 4.79 Å². The maximum atomic E-state index is 11.7. The minimum Gasteiger partial charge on any atom is -0.331 e. The molecular weight excluding hydrogens is 176 g/mol. The van der Waals surface area contributed by atoms with Crippen LogP contribution in [0.4, 0.5) is 4.79 Å². The summed E-state index contributed by atoms with van der Waals surface area (Å²) in [6, 6.07) is 0.161. The zero-order valence-electron chi connectivity index (χ0n) is 9.84. The Morgan fingerprint density at radius 2 is 1.93 bits per heavy atom. The summed E-state index contributed by atoms with van der Waals surface area (Å²) in [4.78, 5) is 15.4. The molecule has 1 fully saturated rings. The predicted octanol–water partition coefficient (Wildman–Crippen LogP) is 2.18. The summed E-state index contributed by atoms with van der Waals surface area (Å²) >= 11 is 0. The molecule has 0 aromatic carbocycles. The first kappa shape index (κ1) is 11.3. The van der Waals surface area contributed by atoms with Crippen LogP contribution in [0.1, 0.15) is 33.1 Å². The molecule has 14 heavy (non-hydrogen) atoms. The molecule has 1 aliphatic heterocycles. The Morgan fingerprint density at radius 3 is 2.29 bits per heavy atom. The van der Waals surface area contributed by atoms with Crippen LogP contribution < -0.4 is 0 Å². The number of rotatable bonds is 2. The predicted molar refractivity (Wildman–Crippen MR) is 58.3 cm³/mol. The van der Waals surface area contributed by atoms with E-state index in [4.69, 9.17) is 0 Å². The Bertz CT molecular complexity index is 209. The van der Waals surface area contributed by atoms with Crippen LogP contribution in [0, 0.1) is 5.41 Å². The van der Waals surface area contributed by atoms with Gasteiger partial charge in [-0.15, -0.1) is 0 Å². The molecule has 1 heterocycles. The van der Waals surface area contributed by atoms with E-state index in [-0.39, 0.29) is 6.03 Å². The molecule has 0 atom stereocenters. The zero-order valence-corrected chi connectivity index (χ0v) is 9.84. The summed E-state index contributed by atoms with van der Waals surface area (Å²) in [5.74, 6) is 0. The Morgan fingerprint density at radius 1 is 1.36 bits per heavy atom. The van der Waals surface area contributed by atoms with Crippen LogP contribution in [0.15, 0.2) is 0 Å². The lowest BCUT2D eigenvalue weighted by Gasteiger charge is -2.27. The van der Waals surface area contributed by atoms with E-state index in [1.807, 2.05) is 19.0 Å². The van der Waals surface area contributed by atoms with Crippen LogP contribution in [0.2, 0.25) is 0 Å².